The second-order valence-electron chi connectivity index (χ2n) is 6.59. The van der Waals surface area contributed by atoms with Gasteiger partial charge in [-0.05, 0) is 42.7 Å². The molecule has 0 aliphatic carbocycles. The van der Waals surface area contributed by atoms with Gasteiger partial charge in [0, 0.05) is 37.5 Å². The zero-order chi connectivity index (χ0) is 16.9. The zero-order valence-electron chi connectivity index (χ0n) is 14.4. The van der Waals surface area contributed by atoms with Gasteiger partial charge in [0.1, 0.15) is 0 Å². The van der Waals surface area contributed by atoms with Crippen molar-refractivity contribution >= 4 is 23.3 Å². The van der Waals surface area contributed by atoms with Crippen LogP contribution in [0.2, 0.25) is 0 Å². The molecule has 24 heavy (non-hydrogen) atoms. The third kappa shape index (κ3) is 3.74. The monoisotopic (exact) mass is 349 g/mol. The van der Waals surface area contributed by atoms with Crippen LogP contribution in [-0.2, 0) is 11.2 Å². The van der Waals surface area contributed by atoms with E-state index in [0.29, 0.717) is 19.5 Å². The molecule has 3 amide bonds. The average molecular weight is 350 g/mol. The Labute approximate surface area is 148 Å². The van der Waals surface area contributed by atoms with Crippen molar-refractivity contribution < 1.29 is 9.59 Å². The van der Waals surface area contributed by atoms with E-state index in [1.54, 1.807) is 11.3 Å². The summed E-state index contributed by atoms with van der Waals surface area (Å²) in [6, 6.07) is 2.34. The molecule has 3 heterocycles. The first kappa shape index (κ1) is 17.3. The number of amides is 3. The average Bonchev–Trinajstić information content (AvgIpc) is 2.98. The Morgan fingerprint density at radius 3 is 3.00 bits per heavy atom. The molecule has 1 atom stereocenters. The van der Waals surface area contributed by atoms with Crippen LogP contribution in [0.4, 0.5) is 4.79 Å². The minimum absolute atomic E-state index is 0.000899. The number of carbonyl (C=O) groups excluding carboxylic acids is 2. The molecular weight excluding hydrogens is 322 g/mol. The highest BCUT2D eigenvalue weighted by atomic mass is 32.1. The van der Waals surface area contributed by atoms with Crippen LogP contribution in [0.15, 0.2) is 11.4 Å². The molecule has 1 unspecified atom stereocenters. The highest BCUT2D eigenvalue weighted by Gasteiger charge is 2.30. The summed E-state index contributed by atoms with van der Waals surface area (Å²) in [7, 11) is 0. The molecule has 0 radical (unpaired) electrons. The summed E-state index contributed by atoms with van der Waals surface area (Å²) in [5.41, 5.74) is 1.31. The van der Waals surface area contributed by atoms with Gasteiger partial charge in [0.05, 0.1) is 6.04 Å². The zero-order valence-corrected chi connectivity index (χ0v) is 15.2. The Hall–Kier alpha value is -1.56. The normalized spacial score (nSPS) is 21.4. The maximum absolute atomic E-state index is 12.6. The molecule has 0 bridgehead atoms. The lowest BCUT2D eigenvalue weighted by Crippen LogP contribution is -2.47. The summed E-state index contributed by atoms with van der Waals surface area (Å²) >= 11 is 1.79. The number of thiophene rings is 1. The second-order valence-corrected chi connectivity index (χ2v) is 7.59. The quantitative estimate of drug-likeness (QED) is 0.908. The molecule has 2 aliphatic heterocycles. The second kappa shape index (κ2) is 8.01. The standard InChI is InChI=1S/C18H27N3O2S/c1-2-15-14-8-13-24-16(14)7-11-21(15)18(23)19-9-12-20-10-5-3-4-6-17(20)22/h8,13,15H,2-7,9-12H2,1H3,(H,19,23). The van der Waals surface area contributed by atoms with Crippen molar-refractivity contribution in [2.24, 2.45) is 0 Å². The smallest absolute Gasteiger partial charge is 0.317 e. The largest absolute Gasteiger partial charge is 0.341 e. The van der Waals surface area contributed by atoms with E-state index in [9.17, 15) is 9.59 Å². The molecule has 6 heteroatoms. The molecule has 1 aromatic rings. The number of rotatable bonds is 4. The number of nitrogens with one attached hydrogen (secondary N) is 1. The van der Waals surface area contributed by atoms with Crippen LogP contribution in [0.1, 0.15) is 55.5 Å². The van der Waals surface area contributed by atoms with Crippen molar-refractivity contribution in [2.75, 3.05) is 26.2 Å². The fourth-order valence-corrected chi connectivity index (χ4v) is 4.68. The van der Waals surface area contributed by atoms with Gasteiger partial charge < -0.3 is 15.1 Å². The van der Waals surface area contributed by atoms with Crippen molar-refractivity contribution in [1.29, 1.82) is 0 Å². The SMILES string of the molecule is CCC1c2ccsc2CCN1C(=O)NCCN1CCCCCC1=O. The van der Waals surface area contributed by atoms with Crippen LogP contribution in [0, 0.1) is 0 Å². The van der Waals surface area contributed by atoms with Crippen LogP contribution in [-0.4, -0.2) is 47.9 Å². The molecule has 1 saturated heterocycles. The molecule has 1 N–H and O–H groups in total. The number of carbonyl (C=O) groups is 2. The van der Waals surface area contributed by atoms with Crippen molar-refractivity contribution in [1.82, 2.24) is 15.1 Å². The van der Waals surface area contributed by atoms with Gasteiger partial charge in [-0.1, -0.05) is 13.3 Å². The van der Waals surface area contributed by atoms with E-state index in [1.807, 2.05) is 9.80 Å². The fraction of sp³-hybridized carbons (Fsp3) is 0.667. The number of likely N-dealkylation sites (tertiary alicyclic amines) is 1. The van der Waals surface area contributed by atoms with Gasteiger partial charge >= 0.3 is 6.03 Å². The van der Waals surface area contributed by atoms with Crippen molar-refractivity contribution in [3.05, 3.63) is 21.9 Å². The van der Waals surface area contributed by atoms with Gasteiger partial charge in [-0.15, -0.1) is 11.3 Å². The number of urea groups is 1. The summed E-state index contributed by atoms with van der Waals surface area (Å²) in [5.74, 6) is 0.231. The highest BCUT2D eigenvalue weighted by Crippen LogP contribution is 2.35. The van der Waals surface area contributed by atoms with E-state index in [4.69, 9.17) is 0 Å². The molecule has 0 saturated carbocycles. The van der Waals surface area contributed by atoms with E-state index in [0.717, 1.165) is 45.2 Å². The van der Waals surface area contributed by atoms with E-state index in [1.165, 1.54) is 10.4 Å². The summed E-state index contributed by atoms with van der Waals surface area (Å²) in [6.45, 7) is 4.90. The predicted octanol–water partition coefficient (Wildman–Crippen LogP) is 3.17. The number of hydrogen-bond donors (Lipinski definition) is 1. The summed E-state index contributed by atoms with van der Waals surface area (Å²) < 4.78 is 0. The Morgan fingerprint density at radius 1 is 1.29 bits per heavy atom. The molecule has 5 nitrogen and oxygen atoms in total. The van der Waals surface area contributed by atoms with Crippen molar-refractivity contribution in [3.8, 4) is 0 Å². The third-order valence-corrected chi connectivity index (χ3v) is 6.07. The molecule has 0 spiro atoms. The summed E-state index contributed by atoms with van der Waals surface area (Å²) in [4.78, 5) is 29.9. The topological polar surface area (TPSA) is 52.7 Å². The molecular formula is C18H27N3O2S. The number of nitrogens with zero attached hydrogens (tertiary/aromatic N) is 2. The van der Waals surface area contributed by atoms with Crippen LogP contribution < -0.4 is 5.32 Å². The molecule has 132 valence electrons. The number of hydrogen-bond acceptors (Lipinski definition) is 3. The van der Waals surface area contributed by atoms with Crippen LogP contribution in [0.3, 0.4) is 0 Å². The van der Waals surface area contributed by atoms with E-state index in [-0.39, 0.29) is 18.0 Å². The molecule has 0 aromatic carbocycles. The van der Waals surface area contributed by atoms with E-state index in [2.05, 4.69) is 23.7 Å². The van der Waals surface area contributed by atoms with Crippen LogP contribution >= 0.6 is 11.3 Å². The van der Waals surface area contributed by atoms with Crippen molar-refractivity contribution in [3.63, 3.8) is 0 Å². The third-order valence-electron chi connectivity index (χ3n) is 5.07. The molecule has 1 aromatic heterocycles. The van der Waals surface area contributed by atoms with Crippen LogP contribution in [0.25, 0.3) is 0 Å². The van der Waals surface area contributed by atoms with Gasteiger partial charge in [-0.25, -0.2) is 4.79 Å². The lowest BCUT2D eigenvalue weighted by Gasteiger charge is -2.35. The minimum atomic E-state index is 0.000899. The van der Waals surface area contributed by atoms with E-state index >= 15 is 0 Å². The van der Waals surface area contributed by atoms with Gasteiger partial charge in [-0.2, -0.15) is 0 Å². The fourth-order valence-electron chi connectivity index (χ4n) is 3.75. The van der Waals surface area contributed by atoms with Gasteiger partial charge in [0.2, 0.25) is 5.91 Å². The maximum Gasteiger partial charge on any atom is 0.317 e. The minimum Gasteiger partial charge on any atom is -0.341 e. The molecule has 2 aliphatic rings. The van der Waals surface area contributed by atoms with Gasteiger partial charge in [0.25, 0.3) is 0 Å². The first-order valence-electron chi connectivity index (χ1n) is 9.09. The highest BCUT2D eigenvalue weighted by molar-refractivity contribution is 7.10. The number of fused-ring (bicyclic) bond motifs is 1. The Balaban J connectivity index is 1.52. The Morgan fingerprint density at radius 2 is 2.17 bits per heavy atom. The predicted molar refractivity (Wildman–Crippen MR) is 96.2 cm³/mol. The lowest BCUT2D eigenvalue weighted by atomic mass is 9.98. The lowest BCUT2D eigenvalue weighted by molar-refractivity contribution is -0.130. The first-order chi connectivity index (χ1) is 11.7. The Bertz CT molecular complexity index is 587. The first-order valence-corrected chi connectivity index (χ1v) is 9.97. The Kier molecular flexibility index (Phi) is 5.76. The maximum atomic E-state index is 12.6. The van der Waals surface area contributed by atoms with Gasteiger partial charge in [0.15, 0.2) is 0 Å². The summed E-state index contributed by atoms with van der Waals surface area (Å²) in [5, 5.41) is 5.15. The van der Waals surface area contributed by atoms with Gasteiger partial charge in [-0.3, -0.25) is 4.79 Å². The van der Waals surface area contributed by atoms with Crippen molar-refractivity contribution in [2.45, 2.75) is 51.5 Å². The molecule has 1 fully saturated rings. The summed E-state index contributed by atoms with van der Waals surface area (Å²) in [6.07, 6.45) is 5.73. The van der Waals surface area contributed by atoms with E-state index < -0.39 is 0 Å². The molecule has 3 rings (SSSR count). The van der Waals surface area contributed by atoms with Crippen LogP contribution in [0.5, 0.6) is 0 Å².